The van der Waals surface area contributed by atoms with Crippen LogP contribution in [0.5, 0.6) is 0 Å². The molecule has 1 aliphatic carbocycles. The maximum absolute atomic E-state index is 12.0. The van der Waals surface area contributed by atoms with Crippen LogP contribution in [-0.2, 0) is 11.3 Å². The molecule has 1 N–H and O–H groups in total. The van der Waals surface area contributed by atoms with Crippen molar-refractivity contribution < 1.29 is 4.79 Å². The monoisotopic (exact) mass is 333 g/mol. The van der Waals surface area contributed by atoms with Crippen molar-refractivity contribution in [1.82, 2.24) is 9.78 Å². The average molecular weight is 334 g/mol. The van der Waals surface area contributed by atoms with E-state index in [1.807, 2.05) is 35.0 Å². The molecule has 1 aliphatic rings. The van der Waals surface area contributed by atoms with Crippen molar-refractivity contribution in [3.63, 3.8) is 0 Å². The second-order valence-electron chi connectivity index (χ2n) is 5.08. The predicted octanol–water partition coefficient (Wildman–Crippen LogP) is 3.43. The first-order chi connectivity index (χ1) is 9.74. The minimum absolute atomic E-state index is 0.116. The number of aromatic nitrogens is 2. The molecule has 0 bridgehead atoms. The van der Waals surface area contributed by atoms with Gasteiger partial charge in [0.05, 0.1) is 12.7 Å². The zero-order valence-electron chi connectivity index (χ0n) is 11.1. The molecule has 3 rings (SSSR count). The molecule has 1 aromatic heterocycles. The molecule has 0 aliphatic heterocycles. The van der Waals surface area contributed by atoms with Crippen LogP contribution in [0.4, 0.5) is 5.82 Å². The average Bonchev–Trinajstić information content (AvgIpc) is 2.77. The number of anilines is 1. The molecule has 20 heavy (non-hydrogen) atoms. The molecule has 2 aromatic rings. The van der Waals surface area contributed by atoms with E-state index in [2.05, 4.69) is 26.3 Å². The van der Waals surface area contributed by atoms with Crippen LogP contribution in [0.15, 0.2) is 41.0 Å². The summed E-state index contributed by atoms with van der Waals surface area (Å²) in [6.45, 7) is 0.634. The Kier molecular flexibility index (Phi) is 3.87. The van der Waals surface area contributed by atoms with Crippen molar-refractivity contribution in [1.29, 1.82) is 0 Å². The fraction of sp³-hybridized carbons (Fsp3) is 0.333. The van der Waals surface area contributed by atoms with E-state index in [4.69, 9.17) is 0 Å². The molecule has 1 fully saturated rings. The van der Waals surface area contributed by atoms with E-state index in [1.54, 1.807) is 6.20 Å². The van der Waals surface area contributed by atoms with Gasteiger partial charge in [-0.15, -0.1) is 0 Å². The summed E-state index contributed by atoms with van der Waals surface area (Å²) in [5.41, 5.74) is 1.13. The SMILES string of the molecule is O=C(Nc1ccnn1Cc1ccccc1Br)C1CCC1. The number of carbonyl (C=O) groups is 1. The van der Waals surface area contributed by atoms with E-state index >= 15 is 0 Å². The van der Waals surface area contributed by atoms with Gasteiger partial charge in [0.25, 0.3) is 0 Å². The van der Waals surface area contributed by atoms with E-state index < -0.39 is 0 Å². The maximum Gasteiger partial charge on any atom is 0.228 e. The quantitative estimate of drug-likeness (QED) is 0.931. The summed E-state index contributed by atoms with van der Waals surface area (Å²) in [5.74, 6) is 1.06. The van der Waals surface area contributed by atoms with E-state index in [-0.39, 0.29) is 11.8 Å². The number of carbonyl (C=O) groups excluding carboxylic acids is 1. The topological polar surface area (TPSA) is 46.9 Å². The smallest absolute Gasteiger partial charge is 0.228 e. The molecule has 1 aromatic carbocycles. The molecule has 5 heteroatoms. The highest BCUT2D eigenvalue weighted by molar-refractivity contribution is 9.10. The summed E-state index contributed by atoms with van der Waals surface area (Å²) < 4.78 is 2.86. The van der Waals surface area contributed by atoms with Gasteiger partial charge in [-0.3, -0.25) is 4.79 Å². The van der Waals surface area contributed by atoms with Gasteiger partial charge in [-0.25, -0.2) is 4.68 Å². The Labute approximate surface area is 126 Å². The molecule has 4 nitrogen and oxygen atoms in total. The summed E-state index contributed by atoms with van der Waals surface area (Å²) in [7, 11) is 0. The molecule has 104 valence electrons. The third-order valence-corrected chi connectivity index (χ3v) is 4.50. The minimum atomic E-state index is 0.116. The zero-order valence-corrected chi connectivity index (χ0v) is 12.6. The molecule has 1 saturated carbocycles. The zero-order chi connectivity index (χ0) is 13.9. The maximum atomic E-state index is 12.0. The van der Waals surface area contributed by atoms with E-state index in [9.17, 15) is 4.79 Å². The summed E-state index contributed by atoms with van der Waals surface area (Å²) in [5, 5.41) is 7.27. The molecule has 1 heterocycles. The lowest BCUT2D eigenvalue weighted by Gasteiger charge is -2.24. The van der Waals surface area contributed by atoms with Gasteiger partial charge < -0.3 is 5.32 Å². The van der Waals surface area contributed by atoms with Crippen LogP contribution in [0, 0.1) is 5.92 Å². The highest BCUT2D eigenvalue weighted by Crippen LogP contribution is 2.27. The number of hydrogen-bond acceptors (Lipinski definition) is 2. The molecule has 1 amide bonds. The normalized spacial score (nSPS) is 14.8. The van der Waals surface area contributed by atoms with Gasteiger partial charge in [0.1, 0.15) is 5.82 Å². The van der Waals surface area contributed by atoms with Gasteiger partial charge >= 0.3 is 0 Å². The van der Waals surface area contributed by atoms with E-state index in [1.165, 1.54) is 0 Å². The summed E-state index contributed by atoms with van der Waals surface area (Å²) >= 11 is 3.53. The standard InChI is InChI=1S/C15H16BrN3O/c16-13-7-2-1-4-12(13)10-19-14(8-9-17-19)18-15(20)11-5-3-6-11/h1-2,4,7-9,11H,3,5-6,10H2,(H,18,20). The molecular formula is C15H16BrN3O. The van der Waals surface area contributed by atoms with Crippen LogP contribution in [0.2, 0.25) is 0 Å². The van der Waals surface area contributed by atoms with Crippen molar-refractivity contribution in [2.24, 2.45) is 5.92 Å². The number of amides is 1. The first-order valence-electron chi connectivity index (χ1n) is 6.80. The molecule has 0 atom stereocenters. The number of hydrogen-bond donors (Lipinski definition) is 1. The van der Waals surface area contributed by atoms with Crippen LogP contribution in [-0.4, -0.2) is 15.7 Å². The number of nitrogens with zero attached hydrogens (tertiary/aromatic N) is 2. The summed E-state index contributed by atoms with van der Waals surface area (Å²) in [4.78, 5) is 12.0. The number of halogens is 1. The van der Waals surface area contributed by atoms with Crippen LogP contribution in [0.3, 0.4) is 0 Å². The Morgan fingerprint density at radius 2 is 2.15 bits per heavy atom. The largest absolute Gasteiger partial charge is 0.311 e. The van der Waals surface area contributed by atoms with Gasteiger partial charge in [0.2, 0.25) is 5.91 Å². The van der Waals surface area contributed by atoms with Crippen molar-refractivity contribution in [2.45, 2.75) is 25.8 Å². The predicted molar refractivity (Wildman–Crippen MR) is 81.4 cm³/mol. The Balaban J connectivity index is 1.73. The molecule has 0 saturated heterocycles. The third kappa shape index (κ3) is 2.77. The third-order valence-electron chi connectivity index (χ3n) is 3.72. The lowest BCUT2D eigenvalue weighted by atomic mass is 9.85. The van der Waals surface area contributed by atoms with Gasteiger partial charge in [-0.2, -0.15) is 5.10 Å². The van der Waals surface area contributed by atoms with Gasteiger partial charge in [-0.05, 0) is 24.5 Å². The lowest BCUT2D eigenvalue weighted by molar-refractivity contribution is -0.122. The van der Waals surface area contributed by atoms with Crippen LogP contribution < -0.4 is 5.32 Å². The molecular weight excluding hydrogens is 318 g/mol. The highest BCUT2D eigenvalue weighted by atomic mass is 79.9. The van der Waals surface area contributed by atoms with Gasteiger partial charge in [0.15, 0.2) is 0 Å². The molecule has 0 spiro atoms. The van der Waals surface area contributed by atoms with Crippen molar-refractivity contribution >= 4 is 27.7 Å². The van der Waals surface area contributed by atoms with Crippen LogP contribution in [0.25, 0.3) is 0 Å². The first-order valence-corrected chi connectivity index (χ1v) is 7.59. The van der Waals surface area contributed by atoms with Crippen LogP contribution >= 0.6 is 15.9 Å². The fourth-order valence-corrected chi connectivity index (χ4v) is 2.66. The fourth-order valence-electron chi connectivity index (χ4n) is 2.25. The van der Waals surface area contributed by atoms with Crippen molar-refractivity contribution in [3.8, 4) is 0 Å². The second-order valence-corrected chi connectivity index (χ2v) is 5.94. The second kappa shape index (κ2) is 5.79. The summed E-state index contributed by atoms with van der Waals surface area (Å²) in [6.07, 6.45) is 4.88. The molecule has 0 radical (unpaired) electrons. The Hall–Kier alpha value is -1.62. The Bertz CT molecular complexity index is 619. The minimum Gasteiger partial charge on any atom is -0.311 e. The van der Waals surface area contributed by atoms with Gasteiger partial charge in [-0.1, -0.05) is 40.5 Å². The number of nitrogens with one attached hydrogen (secondary N) is 1. The van der Waals surface area contributed by atoms with Crippen molar-refractivity contribution in [2.75, 3.05) is 5.32 Å². The Morgan fingerprint density at radius 1 is 1.35 bits per heavy atom. The number of benzene rings is 1. The van der Waals surface area contributed by atoms with E-state index in [0.29, 0.717) is 6.54 Å². The summed E-state index contributed by atoms with van der Waals surface area (Å²) in [6, 6.07) is 9.87. The first kappa shape index (κ1) is 13.4. The Morgan fingerprint density at radius 3 is 2.85 bits per heavy atom. The molecule has 0 unspecified atom stereocenters. The highest BCUT2D eigenvalue weighted by Gasteiger charge is 2.25. The van der Waals surface area contributed by atoms with E-state index in [0.717, 1.165) is 35.1 Å². The van der Waals surface area contributed by atoms with Gasteiger partial charge in [0, 0.05) is 16.5 Å². The lowest BCUT2D eigenvalue weighted by Crippen LogP contribution is -2.29. The van der Waals surface area contributed by atoms with Crippen molar-refractivity contribution in [3.05, 3.63) is 46.6 Å². The number of rotatable bonds is 4. The van der Waals surface area contributed by atoms with Crippen LogP contribution in [0.1, 0.15) is 24.8 Å².